The van der Waals surface area contributed by atoms with E-state index in [0.717, 1.165) is 16.4 Å². The Morgan fingerprint density at radius 3 is 2.48 bits per heavy atom. The summed E-state index contributed by atoms with van der Waals surface area (Å²) in [6.45, 7) is 0.338. The topological polar surface area (TPSA) is 74.3 Å². The number of hydrogen-bond donors (Lipinski definition) is 2. The molecule has 122 valence electrons. The third kappa shape index (κ3) is 5.07. The Labute approximate surface area is 138 Å². The summed E-state index contributed by atoms with van der Waals surface area (Å²) < 4.78 is 11.3. The van der Waals surface area contributed by atoms with Crippen molar-refractivity contribution in [1.29, 1.82) is 0 Å². The number of hydrogen-bond acceptors (Lipinski definition) is 4. The van der Waals surface area contributed by atoms with E-state index in [4.69, 9.17) is 0 Å². The quantitative estimate of drug-likeness (QED) is 0.880. The van der Waals surface area contributed by atoms with Crippen molar-refractivity contribution >= 4 is 28.3 Å². The summed E-state index contributed by atoms with van der Waals surface area (Å²) in [6, 6.07) is 12.3. The van der Waals surface area contributed by atoms with Crippen molar-refractivity contribution in [3.8, 4) is 0 Å². The van der Waals surface area contributed by atoms with Crippen molar-refractivity contribution in [2.75, 3.05) is 30.6 Å². The van der Waals surface area contributed by atoms with Gasteiger partial charge in [-0.1, -0.05) is 6.07 Å². The summed E-state index contributed by atoms with van der Waals surface area (Å²) in [5.41, 5.74) is 1.43. The highest BCUT2D eigenvalue weighted by Gasteiger charge is 2.04. The zero-order valence-corrected chi connectivity index (χ0v) is 14.2. The second-order valence-corrected chi connectivity index (χ2v) is 6.55. The molecular weight excluding hydrogens is 312 g/mol. The van der Waals surface area contributed by atoms with Gasteiger partial charge in [0.2, 0.25) is 0 Å². The standard InChI is InChI=1S/C16H20N4O2S/c1-20(2)15-6-4-5-13(18-15)11-17-16(21)19-12-7-9-14(10-8-12)23(3)22/h4-10H,11H2,1-3H3,(H2,17,19,21)/t23-/m1/s1. The number of pyridine rings is 1. The van der Waals surface area contributed by atoms with Gasteiger partial charge in [-0.05, 0) is 36.4 Å². The highest BCUT2D eigenvalue weighted by molar-refractivity contribution is 7.84. The van der Waals surface area contributed by atoms with Gasteiger partial charge in [-0.25, -0.2) is 9.78 Å². The molecule has 0 unspecified atom stereocenters. The van der Waals surface area contributed by atoms with Gasteiger partial charge in [-0.3, -0.25) is 4.21 Å². The Morgan fingerprint density at radius 2 is 1.87 bits per heavy atom. The average Bonchev–Trinajstić information content (AvgIpc) is 2.53. The molecule has 1 aromatic carbocycles. The number of nitrogens with one attached hydrogen (secondary N) is 2. The van der Waals surface area contributed by atoms with Crippen LogP contribution in [0, 0.1) is 0 Å². The van der Waals surface area contributed by atoms with Crippen LogP contribution in [0.5, 0.6) is 0 Å². The molecule has 0 bridgehead atoms. The van der Waals surface area contributed by atoms with Gasteiger partial charge in [0, 0.05) is 41.7 Å². The zero-order chi connectivity index (χ0) is 16.8. The van der Waals surface area contributed by atoms with E-state index in [1.165, 1.54) is 0 Å². The zero-order valence-electron chi connectivity index (χ0n) is 13.4. The van der Waals surface area contributed by atoms with E-state index in [9.17, 15) is 9.00 Å². The van der Waals surface area contributed by atoms with Crippen LogP contribution in [0.3, 0.4) is 0 Å². The van der Waals surface area contributed by atoms with Crippen LogP contribution in [0.1, 0.15) is 5.69 Å². The molecule has 0 aliphatic carbocycles. The van der Waals surface area contributed by atoms with Crippen molar-refractivity contribution < 1.29 is 9.00 Å². The molecule has 1 heterocycles. The smallest absolute Gasteiger partial charge is 0.319 e. The molecule has 23 heavy (non-hydrogen) atoms. The van der Waals surface area contributed by atoms with Crippen molar-refractivity contribution in [3.63, 3.8) is 0 Å². The molecule has 2 aromatic rings. The Morgan fingerprint density at radius 1 is 1.17 bits per heavy atom. The van der Waals surface area contributed by atoms with Gasteiger partial charge in [0.05, 0.1) is 12.2 Å². The van der Waals surface area contributed by atoms with Crippen LogP contribution < -0.4 is 15.5 Å². The normalized spacial score (nSPS) is 11.6. The average molecular weight is 332 g/mol. The molecular formula is C16H20N4O2S. The van der Waals surface area contributed by atoms with Crippen LogP contribution in [0.25, 0.3) is 0 Å². The van der Waals surface area contributed by atoms with E-state index >= 15 is 0 Å². The molecule has 2 rings (SSSR count). The third-order valence-electron chi connectivity index (χ3n) is 3.12. The second-order valence-electron chi connectivity index (χ2n) is 5.17. The van der Waals surface area contributed by atoms with Gasteiger partial charge in [0.1, 0.15) is 5.82 Å². The first-order valence-electron chi connectivity index (χ1n) is 7.07. The molecule has 0 radical (unpaired) electrons. The van der Waals surface area contributed by atoms with Crippen molar-refractivity contribution in [3.05, 3.63) is 48.2 Å². The lowest BCUT2D eigenvalue weighted by molar-refractivity contribution is 0.251. The number of rotatable bonds is 5. The fourth-order valence-electron chi connectivity index (χ4n) is 1.89. The summed E-state index contributed by atoms with van der Waals surface area (Å²) >= 11 is 0. The molecule has 1 aromatic heterocycles. The largest absolute Gasteiger partial charge is 0.363 e. The number of anilines is 2. The van der Waals surface area contributed by atoms with Gasteiger partial charge in [0.15, 0.2) is 0 Å². The molecule has 2 N–H and O–H groups in total. The van der Waals surface area contributed by atoms with E-state index in [1.54, 1.807) is 30.5 Å². The van der Waals surface area contributed by atoms with Crippen LogP contribution in [0.15, 0.2) is 47.4 Å². The van der Waals surface area contributed by atoms with Gasteiger partial charge in [-0.2, -0.15) is 0 Å². The molecule has 0 fully saturated rings. The molecule has 0 saturated carbocycles. The molecule has 2 amide bonds. The number of urea groups is 1. The molecule has 6 nitrogen and oxygen atoms in total. The number of aromatic nitrogens is 1. The first-order valence-corrected chi connectivity index (χ1v) is 8.63. The molecule has 1 atom stereocenters. The maximum atomic E-state index is 11.9. The van der Waals surface area contributed by atoms with Crippen molar-refractivity contribution in [2.45, 2.75) is 11.4 Å². The summed E-state index contributed by atoms with van der Waals surface area (Å²) in [6.07, 6.45) is 1.62. The summed E-state index contributed by atoms with van der Waals surface area (Å²) in [4.78, 5) is 19.0. The second kappa shape index (κ2) is 7.73. The number of carbonyl (C=O) groups excluding carboxylic acids is 1. The van der Waals surface area contributed by atoms with Gasteiger partial charge in [-0.15, -0.1) is 0 Å². The minimum absolute atomic E-state index is 0.313. The fourth-order valence-corrected chi connectivity index (χ4v) is 2.41. The van der Waals surface area contributed by atoms with Crippen LogP contribution >= 0.6 is 0 Å². The first-order chi connectivity index (χ1) is 11.0. The molecule has 0 aliphatic rings. The predicted octanol–water partition coefficient (Wildman–Crippen LogP) is 2.21. The van der Waals surface area contributed by atoms with Gasteiger partial charge in [0.25, 0.3) is 0 Å². The van der Waals surface area contributed by atoms with E-state index < -0.39 is 10.8 Å². The maximum Gasteiger partial charge on any atom is 0.319 e. The maximum absolute atomic E-state index is 11.9. The van der Waals surface area contributed by atoms with E-state index in [2.05, 4.69) is 15.6 Å². The molecule has 0 spiro atoms. The van der Waals surface area contributed by atoms with E-state index in [0.29, 0.717) is 12.2 Å². The summed E-state index contributed by atoms with van der Waals surface area (Å²) in [7, 11) is 2.81. The minimum Gasteiger partial charge on any atom is -0.363 e. The minimum atomic E-state index is -1.03. The number of carbonyl (C=O) groups is 1. The number of amides is 2. The van der Waals surface area contributed by atoms with E-state index in [1.807, 2.05) is 37.2 Å². The Balaban J connectivity index is 1.90. The lowest BCUT2D eigenvalue weighted by atomic mass is 10.3. The lowest BCUT2D eigenvalue weighted by Gasteiger charge is -2.13. The van der Waals surface area contributed by atoms with Crippen LogP contribution in [-0.2, 0) is 17.3 Å². The first kappa shape index (κ1) is 17.0. The number of benzene rings is 1. The van der Waals surface area contributed by atoms with Crippen molar-refractivity contribution in [2.24, 2.45) is 0 Å². The SMILES string of the molecule is CN(C)c1cccc(CNC(=O)Nc2ccc([S@@](C)=O)cc2)n1. The molecule has 0 aliphatic heterocycles. The Kier molecular flexibility index (Phi) is 5.70. The van der Waals surface area contributed by atoms with Crippen molar-refractivity contribution in [1.82, 2.24) is 10.3 Å². The van der Waals surface area contributed by atoms with Gasteiger partial charge < -0.3 is 15.5 Å². The lowest BCUT2D eigenvalue weighted by Crippen LogP contribution is -2.28. The molecule has 0 saturated heterocycles. The fraction of sp³-hybridized carbons (Fsp3) is 0.250. The van der Waals surface area contributed by atoms with Crippen LogP contribution in [-0.4, -0.2) is 35.6 Å². The highest BCUT2D eigenvalue weighted by atomic mass is 32.2. The third-order valence-corrected chi connectivity index (χ3v) is 4.06. The van der Waals surface area contributed by atoms with Crippen LogP contribution in [0.2, 0.25) is 0 Å². The monoisotopic (exact) mass is 332 g/mol. The predicted molar refractivity (Wildman–Crippen MR) is 93.2 cm³/mol. The molecule has 7 heteroatoms. The summed E-state index contributed by atoms with van der Waals surface area (Å²) in [5.74, 6) is 0.841. The Hall–Kier alpha value is -2.41. The highest BCUT2D eigenvalue weighted by Crippen LogP contribution is 2.12. The summed E-state index contributed by atoms with van der Waals surface area (Å²) in [5, 5.41) is 5.49. The van der Waals surface area contributed by atoms with E-state index in [-0.39, 0.29) is 6.03 Å². The Bertz CT molecular complexity index is 701. The van der Waals surface area contributed by atoms with Gasteiger partial charge >= 0.3 is 6.03 Å². The number of nitrogens with zero attached hydrogens (tertiary/aromatic N) is 2. The van der Waals surface area contributed by atoms with Crippen LogP contribution in [0.4, 0.5) is 16.3 Å².